The highest BCUT2D eigenvalue weighted by Crippen LogP contribution is 2.25. The third-order valence-corrected chi connectivity index (χ3v) is 2.70. The van der Waals surface area contributed by atoms with Crippen molar-refractivity contribution in [3.05, 3.63) is 35.9 Å². The van der Waals surface area contributed by atoms with Crippen LogP contribution < -0.4 is 4.74 Å². The van der Waals surface area contributed by atoms with Crippen molar-refractivity contribution in [2.24, 2.45) is 0 Å². The fourth-order valence-electron chi connectivity index (χ4n) is 1.42. The molecule has 1 unspecified atom stereocenters. The topological polar surface area (TPSA) is 52.6 Å². The molecule has 1 atom stereocenters. The average molecular weight is 240 g/mol. The summed E-state index contributed by atoms with van der Waals surface area (Å²) in [6.07, 6.45) is 4.35. The number of hydrogen-bond donors (Lipinski definition) is 0. The fraction of sp³-hybridized carbons (Fsp3) is 0.273. The first-order valence-electron chi connectivity index (χ1n) is 4.83. The number of fused-ring (bicyclic) bond motifs is 1. The van der Waals surface area contributed by atoms with Crippen LogP contribution in [0.4, 0.5) is 0 Å². The second-order valence-electron chi connectivity index (χ2n) is 3.54. The van der Waals surface area contributed by atoms with Gasteiger partial charge in [-0.15, -0.1) is 0 Å². The minimum atomic E-state index is -3.41. The molecule has 1 aromatic carbocycles. The van der Waals surface area contributed by atoms with E-state index in [0.717, 1.165) is 17.6 Å². The van der Waals surface area contributed by atoms with Crippen molar-refractivity contribution < 1.29 is 17.3 Å². The van der Waals surface area contributed by atoms with E-state index >= 15 is 0 Å². The summed E-state index contributed by atoms with van der Waals surface area (Å²) in [5.41, 5.74) is 0.984. The van der Waals surface area contributed by atoms with Crippen molar-refractivity contribution in [1.82, 2.24) is 0 Å². The van der Waals surface area contributed by atoms with Crippen molar-refractivity contribution in [2.75, 3.05) is 12.9 Å². The summed E-state index contributed by atoms with van der Waals surface area (Å²) >= 11 is 0. The second-order valence-corrected chi connectivity index (χ2v) is 5.19. The Morgan fingerprint density at radius 2 is 2.12 bits per heavy atom. The van der Waals surface area contributed by atoms with Crippen molar-refractivity contribution >= 4 is 16.2 Å². The predicted octanol–water partition coefficient (Wildman–Crippen LogP) is 1.44. The van der Waals surface area contributed by atoms with Crippen molar-refractivity contribution in [3.63, 3.8) is 0 Å². The molecule has 0 aromatic heterocycles. The molecule has 0 spiro atoms. The highest BCUT2D eigenvalue weighted by molar-refractivity contribution is 7.85. The van der Waals surface area contributed by atoms with E-state index in [4.69, 9.17) is 4.74 Å². The normalized spacial score (nSPS) is 18.9. The molecule has 1 aliphatic heterocycles. The van der Waals surface area contributed by atoms with Crippen molar-refractivity contribution in [2.45, 2.75) is 6.10 Å². The van der Waals surface area contributed by atoms with Gasteiger partial charge in [-0.1, -0.05) is 24.3 Å². The molecule has 0 amide bonds. The van der Waals surface area contributed by atoms with Gasteiger partial charge in [0.15, 0.2) is 0 Å². The molecule has 1 aliphatic rings. The van der Waals surface area contributed by atoms with Gasteiger partial charge in [-0.25, -0.2) is 0 Å². The number of hydrogen-bond acceptors (Lipinski definition) is 4. The molecule has 1 aromatic rings. The summed E-state index contributed by atoms with van der Waals surface area (Å²) in [6.45, 7) is 0.00364. The highest BCUT2D eigenvalue weighted by atomic mass is 32.2. The summed E-state index contributed by atoms with van der Waals surface area (Å²) in [5, 5.41) is 0. The minimum absolute atomic E-state index is 0.00364. The Labute approximate surface area is 94.6 Å². The second kappa shape index (κ2) is 4.27. The van der Waals surface area contributed by atoms with Crippen LogP contribution in [0.25, 0.3) is 6.08 Å². The van der Waals surface area contributed by atoms with E-state index in [2.05, 4.69) is 4.18 Å². The Kier molecular flexibility index (Phi) is 2.98. The van der Waals surface area contributed by atoms with Crippen LogP contribution in [0.2, 0.25) is 0 Å². The van der Waals surface area contributed by atoms with Crippen LogP contribution in [0.15, 0.2) is 30.3 Å². The maximum absolute atomic E-state index is 10.8. The standard InChI is InChI=1S/C11H12O4S/c1-16(12,13)14-8-10-7-6-9-4-2-3-5-11(9)15-10/h2-7,10H,8H2,1H3. The van der Waals surface area contributed by atoms with Gasteiger partial charge in [0.1, 0.15) is 18.5 Å². The SMILES string of the molecule is CS(=O)(=O)OCC1C=Cc2ccccc2O1. The van der Waals surface area contributed by atoms with Crippen LogP contribution in [0.5, 0.6) is 5.75 Å². The van der Waals surface area contributed by atoms with Crippen LogP contribution in [-0.2, 0) is 14.3 Å². The first kappa shape index (κ1) is 11.2. The van der Waals surface area contributed by atoms with E-state index in [1.54, 1.807) is 6.08 Å². The summed E-state index contributed by atoms with van der Waals surface area (Å²) in [5.74, 6) is 0.743. The first-order valence-corrected chi connectivity index (χ1v) is 6.64. The molecule has 2 rings (SSSR count). The van der Waals surface area contributed by atoms with Gasteiger partial charge >= 0.3 is 0 Å². The lowest BCUT2D eigenvalue weighted by molar-refractivity contribution is 0.166. The Morgan fingerprint density at radius 1 is 1.38 bits per heavy atom. The van der Waals surface area contributed by atoms with Gasteiger partial charge in [0.2, 0.25) is 0 Å². The first-order chi connectivity index (χ1) is 7.54. The molecule has 0 saturated heterocycles. The van der Waals surface area contributed by atoms with Crippen LogP contribution in [0, 0.1) is 0 Å². The molecule has 4 nitrogen and oxygen atoms in total. The third-order valence-electron chi connectivity index (χ3n) is 2.13. The number of ether oxygens (including phenoxy) is 1. The molecule has 0 aliphatic carbocycles. The Balaban J connectivity index is 2.04. The van der Waals surface area contributed by atoms with Gasteiger partial charge in [0.05, 0.1) is 6.26 Å². The van der Waals surface area contributed by atoms with E-state index in [0.29, 0.717) is 0 Å². The molecule has 86 valence electrons. The van der Waals surface area contributed by atoms with Gasteiger partial charge in [0.25, 0.3) is 10.1 Å². The zero-order valence-corrected chi connectivity index (χ0v) is 9.61. The lowest BCUT2D eigenvalue weighted by atomic mass is 10.1. The lowest BCUT2D eigenvalue weighted by Gasteiger charge is -2.20. The molecule has 0 saturated carbocycles. The molecular formula is C11H12O4S. The Hall–Kier alpha value is -1.33. The summed E-state index contributed by atoms with van der Waals surface area (Å²) in [4.78, 5) is 0. The van der Waals surface area contributed by atoms with Gasteiger partial charge in [-0.05, 0) is 12.1 Å². The maximum atomic E-state index is 10.8. The van der Waals surface area contributed by atoms with Crippen molar-refractivity contribution in [1.29, 1.82) is 0 Å². The summed E-state index contributed by atoms with van der Waals surface area (Å²) < 4.78 is 31.9. The van der Waals surface area contributed by atoms with Gasteiger partial charge in [-0.3, -0.25) is 4.18 Å². The highest BCUT2D eigenvalue weighted by Gasteiger charge is 2.16. The Morgan fingerprint density at radius 3 is 2.88 bits per heavy atom. The largest absolute Gasteiger partial charge is 0.483 e. The molecule has 1 heterocycles. The zero-order valence-electron chi connectivity index (χ0n) is 8.79. The van der Waals surface area contributed by atoms with Crippen LogP contribution in [-0.4, -0.2) is 27.4 Å². The molecule has 0 N–H and O–H groups in total. The number of para-hydroxylation sites is 1. The fourth-order valence-corrected chi connectivity index (χ4v) is 1.80. The van der Waals surface area contributed by atoms with Crippen molar-refractivity contribution in [3.8, 4) is 5.75 Å². The number of rotatable bonds is 3. The van der Waals surface area contributed by atoms with Crippen LogP contribution in [0.3, 0.4) is 0 Å². The van der Waals surface area contributed by atoms with Crippen LogP contribution >= 0.6 is 0 Å². The van der Waals surface area contributed by atoms with E-state index < -0.39 is 10.1 Å². The average Bonchev–Trinajstić information content (AvgIpc) is 2.25. The van der Waals surface area contributed by atoms with E-state index in [-0.39, 0.29) is 12.7 Å². The predicted molar refractivity (Wildman–Crippen MR) is 60.7 cm³/mol. The van der Waals surface area contributed by atoms with E-state index in [1.165, 1.54) is 0 Å². The molecule has 0 fully saturated rings. The molecule has 0 bridgehead atoms. The third kappa shape index (κ3) is 2.84. The smallest absolute Gasteiger partial charge is 0.264 e. The maximum Gasteiger partial charge on any atom is 0.264 e. The lowest BCUT2D eigenvalue weighted by Crippen LogP contribution is -2.24. The minimum Gasteiger partial charge on any atom is -0.483 e. The van der Waals surface area contributed by atoms with E-state index in [1.807, 2.05) is 30.3 Å². The number of benzene rings is 1. The van der Waals surface area contributed by atoms with Gasteiger partial charge < -0.3 is 4.74 Å². The van der Waals surface area contributed by atoms with Gasteiger partial charge in [0, 0.05) is 5.56 Å². The summed E-state index contributed by atoms with van der Waals surface area (Å²) in [6, 6.07) is 7.55. The van der Waals surface area contributed by atoms with E-state index in [9.17, 15) is 8.42 Å². The van der Waals surface area contributed by atoms with Crippen LogP contribution in [0.1, 0.15) is 5.56 Å². The zero-order chi connectivity index (χ0) is 11.6. The molecular weight excluding hydrogens is 228 g/mol. The quantitative estimate of drug-likeness (QED) is 0.750. The molecule has 0 radical (unpaired) electrons. The molecule has 5 heteroatoms. The monoisotopic (exact) mass is 240 g/mol. The van der Waals surface area contributed by atoms with Gasteiger partial charge in [-0.2, -0.15) is 8.42 Å². The Bertz CT molecular complexity index is 504. The summed E-state index contributed by atoms with van der Waals surface area (Å²) in [7, 11) is -3.41. The molecule has 16 heavy (non-hydrogen) atoms.